The van der Waals surface area contributed by atoms with E-state index in [2.05, 4.69) is 15.5 Å². The molecule has 0 spiro atoms. The van der Waals surface area contributed by atoms with Crippen LogP contribution in [0.4, 0.5) is 0 Å². The highest BCUT2D eigenvalue weighted by molar-refractivity contribution is 6.15. The molecule has 1 saturated carbocycles. The van der Waals surface area contributed by atoms with Gasteiger partial charge >= 0.3 is 0 Å². The van der Waals surface area contributed by atoms with Crippen molar-refractivity contribution in [3.8, 4) is 0 Å². The maximum Gasteiger partial charge on any atom is 0.144 e. The van der Waals surface area contributed by atoms with Gasteiger partial charge in [-0.1, -0.05) is 0 Å². The molecular weight excluding hydrogens is 202 g/mol. The molecule has 16 heavy (non-hydrogen) atoms. The standard InChI is InChI=1S/C12H13N3O/c16-10-5-1-4-9-11(10)12(15-14-9)8-3-2-6-13-7-8/h2-3,6-7,9,11,14H,1,4-5H2. The molecule has 0 bridgehead atoms. The van der Waals surface area contributed by atoms with Crippen LogP contribution in [0.2, 0.25) is 0 Å². The van der Waals surface area contributed by atoms with Gasteiger partial charge in [-0.2, -0.15) is 5.10 Å². The summed E-state index contributed by atoms with van der Waals surface area (Å²) in [6.07, 6.45) is 6.19. The topological polar surface area (TPSA) is 54.4 Å². The number of carbonyl (C=O) groups excluding carboxylic acids is 1. The molecule has 3 rings (SSSR count). The summed E-state index contributed by atoms with van der Waals surface area (Å²) in [5.74, 6) is 0.252. The van der Waals surface area contributed by atoms with Crippen LogP contribution in [-0.2, 0) is 4.79 Å². The van der Waals surface area contributed by atoms with Crippen molar-refractivity contribution < 1.29 is 4.79 Å². The van der Waals surface area contributed by atoms with Crippen molar-refractivity contribution in [2.24, 2.45) is 11.0 Å². The zero-order valence-electron chi connectivity index (χ0n) is 8.89. The Balaban J connectivity index is 1.95. The molecule has 0 amide bonds. The molecule has 1 aromatic heterocycles. The summed E-state index contributed by atoms with van der Waals surface area (Å²) in [7, 11) is 0. The highest BCUT2D eigenvalue weighted by Gasteiger charge is 2.39. The first-order valence-corrected chi connectivity index (χ1v) is 5.62. The Morgan fingerprint density at radius 2 is 2.38 bits per heavy atom. The fourth-order valence-corrected chi connectivity index (χ4v) is 2.51. The summed E-state index contributed by atoms with van der Waals surface area (Å²) in [6.45, 7) is 0. The minimum absolute atomic E-state index is 0.0575. The molecule has 82 valence electrons. The van der Waals surface area contributed by atoms with Crippen LogP contribution in [-0.4, -0.2) is 22.5 Å². The van der Waals surface area contributed by atoms with Gasteiger partial charge in [0, 0.05) is 24.4 Å². The third-order valence-corrected chi connectivity index (χ3v) is 3.29. The minimum Gasteiger partial charge on any atom is -0.306 e. The fourth-order valence-electron chi connectivity index (χ4n) is 2.51. The number of ketones is 1. The van der Waals surface area contributed by atoms with E-state index in [1.165, 1.54) is 0 Å². The second-order valence-corrected chi connectivity index (χ2v) is 4.31. The van der Waals surface area contributed by atoms with E-state index in [1.54, 1.807) is 12.4 Å². The van der Waals surface area contributed by atoms with E-state index in [4.69, 9.17) is 0 Å². The van der Waals surface area contributed by atoms with Crippen LogP contribution in [0.15, 0.2) is 29.6 Å². The largest absolute Gasteiger partial charge is 0.306 e. The summed E-state index contributed by atoms with van der Waals surface area (Å²) in [4.78, 5) is 16.0. The second kappa shape index (κ2) is 3.70. The molecule has 1 aromatic rings. The van der Waals surface area contributed by atoms with Gasteiger partial charge in [0.2, 0.25) is 0 Å². The number of carbonyl (C=O) groups is 1. The predicted molar refractivity (Wildman–Crippen MR) is 60.0 cm³/mol. The number of pyridine rings is 1. The lowest BCUT2D eigenvalue weighted by Crippen LogP contribution is -2.39. The second-order valence-electron chi connectivity index (χ2n) is 4.31. The molecule has 0 aromatic carbocycles. The van der Waals surface area contributed by atoms with Crippen molar-refractivity contribution in [1.82, 2.24) is 10.4 Å². The molecule has 1 aliphatic carbocycles. The molecule has 2 unspecified atom stereocenters. The van der Waals surface area contributed by atoms with Crippen LogP contribution in [0, 0.1) is 5.92 Å². The first-order chi connectivity index (χ1) is 7.86. The van der Waals surface area contributed by atoms with Crippen LogP contribution in [0.25, 0.3) is 0 Å². The van der Waals surface area contributed by atoms with E-state index in [9.17, 15) is 4.79 Å². The third-order valence-electron chi connectivity index (χ3n) is 3.29. The Labute approximate surface area is 93.8 Å². The Kier molecular flexibility index (Phi) is 2.20. The van der Waals surface area contributed by atoms with Gasteiger partial charge in [-0.15, -0.1) is 0 Å². The van der Waals surface area contributed by atoms with Crippen molar-refractivity contribution in [3.05, 3.63) is 30.1 Å². The zero-order valence-corrected chi connectivity index (χ0v) is 8.89. The Bertz CT molecular complexity index is 441. The van der Waals surface area contributed by atoms with Gasteiger partial charge in [0.25, 0.3) is 0 Å². The maximum atomic E-state index is 11.9. The van der Waals surface area contributed by atoms with Crippen LogP contribution < -0.4 is 5.43 Å². The lowest BCUT2D eigenvalue weighted by atomic mass is 9.80. The summed E-state index contributed by atoms with van der Waals surface area (Å²) in [6, 6.07) is 4.03. The number of Topliss-reactive ketones (excluding diaryl/α,β-unsaturated/α-hetero) is 1. The number of hydrogen-bond acceptors (Lipinski definition) is 4. The SMILES string of the molecule is O=C1CCCC2NN=C(c3cccnc3)C12. The molecule has 2 atom stereocenters. The average Bonchev–Trinajstić information content (AvgIpc) is 2.75. The monoisotopic (exact) mass is 215 g/mol. The van der Waals surface area contributed by atoms with E-state index in [1.807, 2.05) is 12.1 Å². The summed E-state index contributed by atoms with van der Waals surface area (Å²) < 4.78 is 0. The lowest BCUT2D eigenvalue weighted by Gasteiger charge is -2.24. The van der Waals surface area contributed by atoms with Gasteiger partial charge in [-0.05, 0) is 25.0 Å². The highest BCUT2D eigenvalue weighted by Crippen LogP contribution is 2.28. The first kappa shape index (κ1) is 9.51. The number of nitrogens with zero attached hydrogens (tertiary/aromatic N) is 2. The molecular formula is C12H13N3O. The van der Waals surface area contributed by atoms with Crippen molar-refractivity contribution >= 4 is 11.5 Å². The number of nitrogens with one attached hydrogen (secondary N) is 1. The van der Waals surface area contributed by atoms with E-state index in [0.29, 0.717) is 12.2 Å². The molecule has 4 nitrogen and oxygen atoms in total. The molecule has 1 fully saturated rings. The van der Waals surface area contributed by atoms with Gasteiger partial charge in [0.15, 0.2) is 0 Å². The quantitative estimate of drug-likeness (QED) is 0.764. The van der Waals surface area contributed by atoms with E-state index >= 15 is 0 Å². The smallest absolute Gasteiger partial charge is 0.144 e. The molecule has 2 aliphatic rings. The van der Waals surface area contributed by atoms with Crippen molar-refractivity contribution in [3.63, 3.8) is 0 Å². The minimum atomic E-state index is -0.0575. The van der Waals surface area contributed by atoms with Gasteiger partial charge in [0.05, 0.1) is 17.7 Å². The normalized spacial score (nSPS) is 28.2. The van der Waals surface area contributed by atoms with Crippen molar-refractivity contribution in [2.45, 2.75) is 25.3 Å². The van der Waals surface area contributed by atoms with Gasteiger partial charge in [-0.3, -0.25) is 9.78 Å². The molecule has 1 aliphatic heterocycles. The molecule has 1 N–H and O–H groups in total. The lowest BCUT2D eigenvalue weighted by molar-refractivity contribution is -0.122. The Hall–Kier alpha value is -1.71. The zero-order chi connectivity index (χ0) is 11.0. The fraction of sp³-hybridized carbons (Fsp3) is 0.417. The molecule has 0 radical (unpaired) electrons. The van der Waals surface area contributed by atoms with E-state index in [0.717, 1.165) is 24.1 Å². The first-order valence-electron chi connectivity index (χ1n) is 5.62. The number of hydrogen-bond donors (Lipinski definition) is 1. The van der Waals surface area contributed by atoms with Gasteiger partial charge < -0.3 is 5.43 Å². The third kappa shape index (κ3) is 1.41. The van der Waals surface area contributed by atoms with Gasteiger partial charge in [-0.25, -0.2) is 0 Å². The van der Waals surface area contributed by atoms with Crippen molar-refractivity contribution in [2.75, 3.05) is 0 Å². The summed E-state index contributed by atoms with van der Waals surface area (Å²) in [5.41, 5.74) is 4.90. The van der Waals surface area contributed by atoms with E-state index in [-0.39, 0.29) is 12.0 Å². The number of aromatic nitrogens is 1. The number of hydrazone groups is 1. The maximum absolute atomic E-state index is 11.9. The van der Waals surface area contributed by atoms with Crippen LogP contribution >= 0.6 is 0 Å². The summed E-state index contributed by atoms with van der Waals surface area (Å²) in [5, 5.41) is 4.31. The number of rotatable bonds is 1. The predicted octanol–water partition coefficient (Wildman–Crippen LogP) is 1.13. The highest BCUT2D eigenvalue weighted by atomic mass is 16.1. The molecule has 2 heterocycles. The summed E-state index contributed by atoms with van der Waals surface area (Å²) >= 11 is 0. The Morgan fingerprint density at radius 3 is 3.19 bits per heavy atom. The van der Waals surface area contributed by atoms with Gasteiger partial charge in [0.1, 0.15) is 5.78 Å². The average molecular weight is 215 g/mol. The number of fused-ring (bicyclic) bond motifs is 1. The molecule has 4 heteroatoms. The van der Waals surface area contributed by atoms with Crippen LogP contribution in [0.5, 0.6) is 0 Å². The Morgan fingerprint density at radius 1 is 1.44 bits per heavy atom. The van der Waals surface area contributed by atoms with E-state index < -0.39 is 0 Å². The van der Waals surface area contributed by atoms with Crippen LogP contribution in [0.3, 0.4) is 0 Å². The van der Waals surface area contributed by atoms with Crippen LogP contribution in [0.1, 0.15) is 24.8 Å². The molecule has 0 saturated heterocycles. The van der Waals surface area contributed by atoms with Crippen molar-refractivity contribution in [1.29, 1.82) is 0 Å².